The second kappa shape index (κ2) is 5.66. The summed E-state index contributed by atoms with van der Waals surface area (Å²) in [6, 6.07) is 0. The van der Waals surface area contributed by atoms with Crippen molar-refractivity contribution in [2.45, 2.75) is 0 Å². The van der Waals surface area contributed by atoms with Crippen LogP contribution in [0.5, 0.6) is 0 Å². The predicted octanol–water partition coefficient (Wildman–Crippen LogP) is -2.97. The van der Waals surface area contributed by atoms with Gasteiger partial charge in [0.2, 0.25) is 0 Å². The molecular weight excluding hydrogens is 228 g/mol. The van der Waals surface area contributed by atoms with Crippen molar-refractivity contribution < 1.29 is 0 Å². The van der Waals surface area contributed by atoms with Crippen LogP contribution in [0.4, 0.5) is 11.9 Å². The fraction of sp³-hybridized carbons (Fsp3) is 0.600. The maximum absolute atomic E-state index is 5.28. The molecule has 0 saturated heterocycles. The van der Waals surface area contributed by atoms with Crippen LogP contribution in [0, 0.1) is 0 Å². The number of tetrazole rings is 2. The van der Waals surface area contributed by atoms with Gasteiger partial charge in [0, 0.05) is 14.1 Å². The number of nitrogens with zero attached hydrogens (tertiary/aromatic N) is 9. The maximum atomic E-state index is 5.28. The summed E-state index contributed by atoms with van der Waals surface area (Å²) in [5, 5.41) is 26.2. The average Bonchev–Trinajstić information content (AvgIpc) is 2.87. The number of hydrogen-bond donors (Lipinski definition) is 3. The Bertz CT molecular complexity index is 414. The lowest BCUT2D eigenvalue weighted by Gasteiger charge is -2.01. The van der Waals surface area contributed by atoms with Crippen LogP contribution >= 0.6 is 0 Å². The minimum atomic E-state index is 0.380. The Labute approximate surface area is 96.5 Å². The Kier molecular flexibility index (Phi) is 4.24. The molecule has 0 saturated carbocycles. The lowest BCUT2D eigenvalue weighted by molar-refractivity contribution is 0.629. The highest BCUT2D eigenvalue weighted by molar-refractivity contribution is 5.19. The van der Waals surface area contributed by atoms with Crippen molar-refractivity contribution in [3.63, 3.8) is 0 Å². The van der Waals surface area contributed by atoms with Gasteiger partial charge in [-0.05, 0) is 10.4 Å². The summed E-state index contributed by atoms with van der Waals surface area (Å²) in [6.07, 6.45) is 0. The first kappa shape index (κ1) is 12.7. The van der Waals surface area contributed by atoms with E-state index in [0.717, 1.165) is 0 Å². The molecule has 0 spiro atoms. The second-order valence-corrected chi connectivity index (χ2v) is 3.01. The van der Waals surface area contributed by atoms with Gasteiger partial charge >= 0.3 is 0 Å². The normalized spacial score (nSPS) is 9.47. The molecule has 2 aromatic heterocycles. The highest BCUT2D eigenvalue weighted by atomic mass is 15.6. The van der Waals surface area contributed by atoms with E-state index >= 15 is 0 Å². The highest BCUT2D eigenvalue weighted by Crippen LogP contribution is 1.92. The number of aromatic nitrogens is 8. The van der Waals surface area contributed by atoms with E-state index in [0.29, 0.717) is 11.9 Å². The molecule has 12 heteroatoms. The number of H-pyrrole nitrogens is 1. The fourth-order valence-electron chi connectivity index (χ4n) is 0.721. The molecule has 0 aromatic carbocycles. The zero-order valence-electron chi connectivity index (χ0n) is 9.68. The zero-order valence-corrected chi connectivity index (χ0v) is 9.68. The summed E-state index contributed by atoms with van der Waals surface area (Å²) in [5.41, 5.74) is 0. The summed E-state index contributed by atoms with van der Waals surface area (Å²) in [5.74, 6) is 11.3. The monoisotopic (exact) mass is 242 g/mol. The smallest absolute Gasteiger partial charge is 0.279 e. The van der Waals surface area contributed by atoms with Gasteiger partial charge in [-0.3, -0.25) is 10.0 Å². The first-order valence-corrected chi connectivity index (χ1v) is 4.45. The van der Waals surface area contributed by atoms with Crippen molar-refractivity contribution in [1.82, 2.24) is 40.8 Å². The number of anilines is 2. The molecule has 0 amide bonds. The van der Waals surface area contributed by atoms with E-state index in [1.54, 1.807) is 21.1 Å². The van der Waals surface area contributed by atoms with Crippen LogP contribution < -0.4 is 21.7 Å². The minimum absolute atomic E-state index is 0.380. The molecule has 0 bridgehead atoms. The SMILES string of the molecule is CN(N)c1nn[nH]n1.CN(N)c1nnn(C)n1. The molecule has 2 heterocycles. The van der Waals surface area contributed by atoms with Crippen LogP contribution in [0.1, 0.15) is 0 Å². The maximum Gasteiger partial charge on any atom is 0.279 e. The van der Waals surface area contributed by atoms with Crippen molar-refractivity contribution in [3.8, 4) is 0 Å². The first-order chi connectivity index (χ1) is 8.00. The van der Waals surface area contributed by atoms with Gasteiger partial charge in [-0.2, -0.15) is 10.0 Å². The van der Waals surface area contributed by atoms with E-state index in [4.69, 9.17) is 11.7 Å². The number of aromatic amines is 1. The molecule has 0 fully saturated rings. The molecule has 2 aromatic rings. The van der Waals surface area contributed by atoms with Gasteiger partial charge in [0.15, 0.2) is 0 Å². The Morgan fingerprint density at radius 1 is 1.12 bits per heavy atom. The largest absolute Gasteiger partial charge is 0.279 e. The molecule has 2 rings (SSSR count). The Hall–Kier alpha value is -2.34. The third-order valence-corrected chi connectivity index (χ3v) is 1.46. The van der Waals surface area contributed by atoms with Crippen molar-refractivity contribution in [2.75, 3.05) is 24.1 Å². The van der Waals surface area contributed by atoms with E-state index < -0.39 is 0 Å². The number of aryl methyl sites for hydroxylation is 1. The van der Waals surface area contributed by atoms with Gasteiger partial charge < -0.3 is 0 Å². The Morgan fingerprint density at radius 3 is 2.00 bits per heavy atom. The van der Waals surface area contributed by atoms with E-state index in [-0.39, 0.29) is 0 Å². The van der Waals surface area contributed by atoms with Gasteiger partial charge in [-0.15, -0.1) is 10.2 Å². The summed E-state index contributed by atoms with van der Waals surface area (Å²) in [6.45, 7) is 0. The average molecular weight is 242 g/mol. The molecule has 0 aliphatic carbocycles. The standard InChI is InChI=1S/C3H8N6.C2H6N6/c1-8(4)3-5-7-9(2)6-3;1-8(3)2-4-6-7-5-2/h4H2,1-2H3;3H2,1H3,(H,4,5,6,7). The van der Waals surface area contributed by atoms with Crippen molar-refractivity contribution in [3.05, 3.63) is 0 Å². The summed E-state index contributed by atoms with van der Waals surface area (Å²) >= 11 is 0. The van der Waals surface area contributed by atoms with Gasteiger partial charge in [-0.1, -0.05) is 10.2 Å². The van der Waals surface area contributed by atoms with Crippen molar-refractivity contribution >= 4 is 11.9 Å². The van der Waals surface area contributed by atoms with Gasteiger partial charge in [-0.25, -0.2) is 11.7 Å². The number of nitrogens with two attached hydrogens (primary N) is 2. The van der Waals surface area contributed by atoms with E-state index in [9.17, 15) is 0 Å². The molecule has 94 valence electrons. The van der Waals surface area contributed by atoms with Crippen LogP contribution in [0.25, 0.3) is 0 Å². The number of nitrogens with one attached hydrogen (secondary N) is 1. The third-order valence-electron chi connectivity index (χ3n) is 1.46. The first-order valence-electron chi connectivity index (χ1n) is 4.45. The van der Waals surface area contributed by atoms with Gasteiger partial charge in [0.05, 0.1) is 7.05 Å². The molecule has 0 aliphatic heterocycles. The molecule has 0 radical (unpaired) electrons. The zero-order chi connectivity index (χ0) is 12.8. The van der Waals surface area contributed by atoms with Crippen LogP contribution in [0.15, 0.2) is 0 Å². The molecule has 17 heavy (non-hydrogen) atoms. The summed E-state index contributed by atoms with van der Waals surface area (Å²) in [4.78, 5) is 1.35. The minimum Gasteiger partial charge on any atom is -0.279 e. The Morgan fingerprint density at radius 2 is 1.76 bits per heavy atom. The molecule has 5 N–H and O–H groups in total. The van der Waals surface area contributed by atoms with E-state index in [1.165, 1.54) is 14.8 Å². The molecule has 12 nitrogen and oxygen atoms in total. The lowest BCUT2D eigenvalue weighted by Crippen LogP contribution is -2.26. The number of rotatable bonds is 2. The number of hydrazine groups is 2. The molecular formula is C5H14N12. The topological polar surface area (TPSA) is 157 Å². The van der Waals surface area contributed by atoms with Crippen LogP contribution in [-0.4, -0.2) is 54.9 Å². The van der Waals surface area contributed by atoms with Crippen LogP contribution in [0.3, 0.4) is 0 Å². The summed E-state index contributed by atoms with van der Waals surface area (Å²) < 4.78 is 0. The quantitative estimate of drug-likeness (QED) is 0.367. The van der Waals surface area contributed by atoms with Gasteiger partial charge in [0.25, 0.3) is 11.9 Å². The van der Waals surface area contributed by atoms with Gasteiger partial charge in [0.1, 0.15) is 0 Å². The highest BCUT2D eigenvalue weighted by Gasteiger charge is 1.99. The second-order valence-electron chi connectivity index (χ2n) is 3.01. The van der Waals surface area contributed by atoms with Crippen LogP contribution in [-0.2, 0) is 7.05 Å². The van der Waals surface area contributed by atoms with E-state index in [2.05, 4.69) is 36.0 Å². The molecule has 0 atom stereocenters. The van der Waals surface area contributed by atoms with Crippen molar-refractivity contribution in [2.24, 2.45) is 18.7 Å². The Balaban J connectivity index is 0.000000171. The lowest BCUT2D eigenvalue weighted by atomic mass is 11.0. The van der Waals surface area contributed by atoms with E-state index in [1.807, 2.05) is 0 Å². The third kappa shape index (κ3) is 3.96. The fourth-order valence-corrected chi connectivity index (χ4v) is 0.721. The summed E-state index contributed by atoms with van der Waals surface area (Å²) in [7, 11) is 4.96. The molecule has 0 aliphatic rings. The molecule has 0 unspecified atom stereocenters. The number of hydrogen-bond acceptors (Lipinski definition) is 10. The van der Waals surface area contributed by atoms with Crippen LogP contribution in [0.2, 0.25) is 0 Å². The predicted molar refractivity (Wildman–Crippen MR) is 58.2 cm³/mol. The van der Waals surface area contributed by atoms with Crippen molar-refractivity contribution in [1.29, 1.82) is 0 Å².